The standard InChI is InChI=1S/C28H27N5O10S2.Na/c1-16(34)43-14-18-15-44-25-21(24(36)33(25)22(18)26(37)38)29-23(35)20(17-8-4-2-5-9-17)30-27(39)31-12-13-32(28(31)40)45(41,42)19-10-6-3-7-11-19;/h2-11,20-21,25H,12-15H2,1H3,(H,29,35)(H,30,39)(H,37,38);/q;+1/p-1/t20?,21?,25-;/m0./s1. The summed E-state index contributed by atoms with van der Waals surface area (Å²) in [5.74, 6) is -3.79. The van der Waals surface area contributed by atoms with Crippen molar-refractivity contribution < 1.29 is 76.6 Å². The van der Waals surface area contributed by atoms with Crippen LogP contribution in [0.15, 0.2) is 76.8 Å². The predicted octanol–water partition coefficient (Wildman–Crippen LogP) is -3.47. The van der Waals surface area contributed by atoms with Crippen LogP contribution < -0.4 is 45.3 Å². The molecular weight excluding hydrogens is 653 g/mol. The van der Waals surface area contributed by atoms with E-state index in [1.807, 2.05) is 0 Å². The zero-order valence-corrected chi connectivity index (χ0v) is 28.2. The minimum absolute atomic E-state index is 0. The molecule has 0 bridgehead atoms. The molecule has 0 saturated carbocycles. The number of carbonyl (C=O) groups is 6. The minimum atomic E-state index is -4.24. The SMILES string of the molecule is CC(=O)OCC1=C(C(=O)[O-])N2C(=O)C(NC(=O)C(NC(=O)N3CCN(S(=O)(=O)c4ccccc4)C3=O)c3ccccc3)[C@@H]2SC1.[Na+]. The third-order valence-corrected chi connectivity index (χ3v) is 10.3. The van der Waals surface area contributed by atoms with E-state index in [1.165, 1.54) is 36.4 Å². The molecule has 5 rings (SSSR count). The van der Waals surface area contributed by atoms with Crippen LogP contribution in [0.1, 0.15) is 18.5 Å². The number of β-lactam (4-membered cyclic amide) rings is 1. The van der Waals surface area contributed by atoms with Crippen LogP contribution in [0.5, 0.6) is 0 Å². The molecule has 3 atom stereocenters. The Morgan fingerprint density at radius 3 is 2.26 bits per heavy atom. The fourth-order valence-corrected chi connectivity index (χ4v) is 7.71. The van der Waals surface area contributed by atoms with Crippen LogP contribution in [0.3, 0.4) is 0 Å². The van der Waals surface area contributed by atoms with Crippen LogP contribution in [-0.4, -0.2) is 95.2 Å². The van der Waals surface area contributed by atoms with Gasteiger partial charge in [0.05, 0.1) is 29.7 Å². The summed E-state index contributed by atoms with van der Waals surface area (Å²) in [5.41, 5.74) is 0.0197. The third kappa shape index (κ3) is 6.78. The molecule has 236 valence electrons. The summed E-state index contributed by atoms with van der Waals surface area (Å²) >= 11 is 1.14. The largest absolute Gasteiger partial charge is 1.00 e. The van der Waals surface area contributed by atoms with E-state index in [9.17, 15) is 42.3 Å². The number of carboxylic acids is 1. The van der Waals surface area contributed by atoms with E-state index in [-0.39, 0.29) is 65.5 Å². The van der Waals surface area contributed by atoms with Crippen molar-refractivity contribution in [2.45, 2.75) is 29.3 Å². The molecule has 2 aromatic carbocycles. The molecule has 0 aliphatic carbocycles. The summed E-state index contributed by atoms with van der Waals surface area (Å²) < 4.78 is 31.5. The van der Waals surface area contributed by atoms with Gasteiger partial charge in [-0.3, -0.25) is 19.3 Å². The Bertz CT molecular complexity index is 1710. The van der Waals surface area contributed by atoms with E-state index in [0.717, 1.165) is 23.6 Å². The van der Waals surface area contributed by atoms with E-state index in [2.05, 4.69) is 10.6 Å². The summed E-state index contributed by atoms with van der Waals surface area (Å²) in [4.78, 5) is 77.5. The first-order valence-corrected chi connectivity index (χ1v) is 16.0. The summed E-state index contributed by atoms with van der Waals surface area (Å²) in [5, 5.41) is 16.1. The Hall–Kier alpha value is -3.90. The predicted molar refractivity (Wildman–Crippen MR) is 154 cm³/mol. The Morgan fingerprint density at radius 1 is 1.02 bits per heavy atom. The van der Waals surface area contributed by atoms with Crippen molar-refractivity contribution in [1.82, 2.24) is 24.7 Å². The molecule has 6 amide bonds. The molecule has 18 heteroatoms. The van der Waals surface area contributed by atoms with Crippen LogP contribution in [0.25, 0.3) is 0 Å². The minimum Gasteiger partial charge on any atom is -0.543 e. The van der Waals surface area contributed by atoms with Crippen molar-refractivity contribution in [2.24, 2.45) is 0 Å². The molecular formula is C28H26N5NaO10S2. The number of nitrogens with zero attached hydrogens (tertiary/aromatic N) is 3. The van der Waals surface area contributed by atoms with E-state index >= 15 is 0 Å². The number of benzene rings is 2. The number of aliphatic carboxylic acids is 1. The monoisotopic (exact) mass is 679 g/mol. The van der Waals surface area contributed by atoms with Gasteiger partial charge in [-0.05, 0) is 17.7 Å². The zero-order chi connectivity index (χ0) is 32.5. The van der Waals surface area contributed by atoms with Gasteiger partial charge in [0.2, 0.25) is 5.91 Å². The number of carboxylic acid groups (broad SMARTS) is 1. The molecule has 0 aromatic heterocycles. The second-order valence-corrected chi connectivity index (χ2v) is 13.0. The summed E-state index contributed by atoms with van der Waals surface area (Å²) in [6.45, 7) is 0.233. The number of imide groups is 1. The number of hydrogen-bond acceptors (Lipinski definition) is 11. The van der Waals surface area contributed by atoms with Crippen LogP contribution in [0, 0.1) is 0 Å². The Morgan fingerprint density at radius 2 is 1.65 bits per heavy atom. The van der Waals surface area contributed by atoms with Gasteiger partial charge in [0, 0.05) is 18.2 Å². The summed E-state index contributed by atoms with van der Waals surface area (Å²) in [6, 6.07) is 10.5. The maximum atomic E-state index is 13.6. The number of ether oxygens (including phenoxy) is 1. The maximum absolute atomic E-state index is 13.6. The molecule has 2 fully saturated rings. The fraction of sp³-hybridized carbons (Fsp3) is 0.286. The van der Waals surface area contributed by atoms with Crippen molar-refractivity contribution in [2.75, 3.05) is 25.4 Å². The van der Waals surface area contributed by atoms with E-state index in [4.69, 9.17) is 4.74 Å². The topological polar surface area (TPSA) is 203 Å². The second-order valence-electron chi connectivity index (χ2n) is 10.0. The van der Waals surface area contributed by atoms with Gasteiger partial charge in [-0.15, -0.1) is 11.8 Å². The number of esters is 1. The smallest absolute Gasteiger partial charge is 0.543 e. The van der Waals surface area contributed by atoms with Gasteiger partial charge in [0.1, 0.15) is 24.1 Å². The first-order chi connectivity index (χ1) is 21.4. The molecule has 2 saturated heterocycles. The molecule has 3 aliphatic heterocycles. The van der Waals surface area contributed by atoms with Gasteiger partial charge in [-0.25, -0.2) is 27.2 Å². The molecule has 15 nitrogen and oxygen atoms in total. The number of thioether (sulfide) groups is 1. The maximum Gasteiger partial charge on any atom is 1.00 e. The zero-order valence-electron chi connectivity index (χ0n) is 24.6. The molecule has 3 heterocycles. The summed E-state index contributed by atoms with van der Waals surface area (Å²) in [6.07, 6.45) is 0. The van der Waals surface area contributed by atoms with Gasteiger partial charge in [-0.2, -0.15) is 0 Å². The van der Waals surface area contributed by atoms with Crippen molar-refractivity contribution in [3.63, 3.8) is 0 Å². The Kier molecular flexibility index (Phi) is 10.8. The fourth-order valence-electron chi connectivity index (χ4n) is 5.00. The van der Waals surface area contributed by atoms with Gasteiger partial charge in [0.25, 0.3) is 15.9 Å². The van der Waals surface area contributed by atoms with E-state index in [0.29, 0.717) is 14.8 Å². The normalized spacial score (nSPS) is 19.8. The Labute approximate surface area is 289 Å². The average molecular weight is 680 g/mol. The van der Waals surface area contributed by atoms with Crippen LogP contribution >= 0.6 is 11.8 Å². The number of carbonyl (C=O) groups excluding carboxylic acids is 6. The molecule has 2 N–H and O–H groups in total. The van der Waals surface area contributed by atoms with Gasteiger partial charge in [-0.1, -0.05) is 48.5 Å². The first kappa shape index (κ1) is 35.0. The van der Waals surface area contributed by atoms with Gasteiger partial charge < -0.3 is 25.3 Å². The van der Waals surface area contributed by atoms with Crippen LogP contribution in [0.2, 0.25) is 0 Å². The number of sulfonamides is 1. The molecule has 3 aliphatic rings. The number of amides is 6. The van der Waals surface area contributed by atoms with E-state index in [1.54, 1.807) is 24.3 Å². The first-order valence-electron chi connectivity index (χ1n) is 13.5. The van der Waals surface area contributed by atoms with Gasteiger partial charge in [0.15, 0.2) is 0 Å². The van der Waals surface area contributed by atoms with Crippen molar-refractivity contribution in [3.8, 4) is 0 Å². The number of hydrogen-bond donors (Lipinski definition) is 2. The van der Waals surface area contributed by atoms with Crippen LogP contribution in [0.4, 0.5) is 9.59 Å². The Balaban J connectivity index is 0.00000480. The molecule has 2 aromatic rings. The number of nitrogens with one attached hydrogen (secondary N) is 2. The number of fused-ring (bicyclic) bond motifs is 1. The third-order valence-electron chi connectivity index (χ3n) is 7.20. The average Bonchev–Trinajstić information content (AvgIpc) is 3.43. The van der Waals surface area contributed by atoms with Crippen molar-refractivity contribution in [3.05, 3.63) is 77.5 Å². The van der Waals surface area contributed by atoms with Crippen molar-refractivity contribution >= 4 is 57.6 Å². The molecule has 0 radical (unpaired) electrons. The number of rotatable bonds is 9. The second kappa shape index (κ2) is 14.3. The van der Waals surface area contributed by atoms with Crippen LogP contribution in [-0.2, 0) is 33.9 Å². The summed E-state index contributed by atoms with van der Waals surface area (Å²) in [7, 11) is -4.24. The van der Waals surface area contributed by atoms with Crippen molar-refractivity contribution in [1.29, 1.82) is 0 Å². The van der Waals surface area contributed by atoms with E-state index < -0.39 is 69.0 Å². The quantitative estimate of drug-likeness (QED) is 0.152. The number of urea groups is 2. The molecule has 2 unspecified atom stereocenters. The molecule has 0 spiro atoms. The molecule has 46 heavy (non-hydrogen) atoms. The van der Waals surface area contributed by atoms with Gasteiger partial charge >= 0.3 is 47.6 Å².